The zero-order valence-electron chi connectivity index (χ0n) is 14.9. The van der Waals surface area contributed by atoms with Crippen LogP contribution >= 0.6 is 11.3 Å². The number of carbonyl (C=O) groups excluding carboxylic acids is 1. The first-order valence-electron chi connectivity index (χ1n) is 8.96. The SMILES string of the molecule is Cc1nc(CN2C(=O)CCC23CCN(Cc2nccn2C)CC3)cs1. The second kappa shape index (κ2) is 6.53. The highest BCUT2D eigenvalue weighted by atomic mass is 32.1. The number of aryl methyl sites for hydroxylation is 2. The zero-order valence-corrected chi connectivity index (χ0v) is 15.8. The van der Waals surface area contributed by atoms with Crippen LogP contribution in [0, 0.1) is 6.92 Å². The maximum Gasteiger partial charge on any atom is 0.223 e. The van der Waals surface area contributed by atoms with Crippen molar-refractivity contribution in [3.63, 3.8) is 0 Å². The fourth-order valence-electron chi connectivity index (χ4n) is 4.17. The Balaban J connectivity index is 1.43. The number of likely N-dealkylation sites (tertiary alicyclic amines) is 2. The van der Waals surface area contributed by atoms with Crippen LogP contribution in [0.1, 0.15) is 42.2 Å². The number of piperidine rings is 1. The van der Waals surface area contributed by atoms with Gasteiger partial charge >= 0.3 is 0 Å². The summed E-state index contributed by atoms with van der Waals surface area (Å²) in [6, 6.07) is 0. The molecule has 134 valence electrons. The molecule has 2 aliphatic heterocycles. The summed E-state index contributed by atoms with van der Waals surface area (Å²) in [7, 11) is 2.04. The number of nitrogens with zero attached hydrogens (tertiary/aromatic N) is 5. The van der Waals surface area contributed by atoms with Crippen LogP contribution < -0.4 is 0 Å². The van der Waals surface area contributed by atoms with Crippen LogP contribution in [0.25, 0.3) is 0 Å². The summed E-state index contributed by atoms with van der Waals surface area (Å²) in [5.74, 6) is 1.40. The molecule has 0 N–H and O–H groups in total. The molecular weight excluding hydrogens is 334 g/mol. The van der Waals surface area contributed by atoms with E-state index in [9.17, 15) is 4.79 Å². The Morgan fingerprint density at radius 3 is 2.68 bits per heavy atom. The lowest BCUT2D eigenvalue weighted by molar-refractivity contribution is -0.133. The van der Waals surface area contributed by atoms with Crippen molar-refractivity contribution in [3.05, 3.63) is 34.3 Å². The first-order chi connectivity index (χ1) is 12.1. The summed E-state index contributed by atoms with van der Waals surface area (Å²) in [4.78, 5) is 26.1. The Kier molecular flexibility index (Phi) is 4.37. The lowest BCUT2D eigenvalue weighted by atomic mass is 9.85. The Morgan fingerprint density at radius 2 is 2.04 bits per heavy atom. The number of amides is 1. The highest BCUT2D eigenvalue weighted by Gasteiger charge is 2.46. The number of rotatable bonds is 4. The van der Waals surface area contributed by atoms with E-state index in [1.165, 1.54) is 0 Å². The van der Waals surface area contributed by atoms with Crippen LogP contribution in [0.2, 0.25) is 0 Å². The Bertz CT molecular complexity index is 759. The molecule has 1 amide bonds. The molecule has 0 aliphatic carbocycles. The number of aromatic nitrogens is 3. The van der Waals surface area contributed by atoms with E-state index >= 15 is 0 Å². The van der Waals surface area contributed by atoms with Crippen LogP contribution in [0.15, 0.2) is 17.8 Å². The molecule has 0 saturated carbocycles. The third-order valence-corrected chi connectivity index (χ3v) is 6.56. The number of imidazole rings is 1. The molecule has 2 saturated heterocycles. The van der Waals surface area contributed by atoms with Gasteiger partial charge in [0.15, 0.2) is 0 Å². The summed E-state index contributed by atoms with van der Waals surface area (Å²) in [6.07, 6.45) is 7.62. The first-order valence-corrected chi connectivity index (χ1v) is 9.84. The van der Waals surface area contributed by atoms with Crippen molar-refractivity contribution in [2.24, 2.45) is 7.05 Å². The normalized spacial score (nSPS) is 20.7. The maximum absolute atomic E-state index is 12.5. The topological polar surface area (TPSA) is 54.3 Å². The van der Waals surface area contributed by atoms with E-state index in [0.29, 0.717) is 18.9 Å². The number of thiazole rings is 1. The van der Waals surface area contributed by atoms with E-state index < -0.39 is 0 Å². The Morgan fingerprint density at radius 1 is 1.24 bits per heavy atom. The Hall–Kier alpha value is -1.73. The van der Waals surface area contributed by atoms with E-state index in [4.69, 9.17) is 0 Å². The van der Waals surface area contributed by atoms with Gasteiger partial charge in [-0.1, -0.05) is 0 Å². The second-order valence-electron chi connectivity index (χ2n) is 7.29. The maximum atomic E-state index is 12.5. The molecule has 7 heteroatoms. The predicted molar refractivity (Wildman–Crippen MR) is 97.1 cm³/mol. The van der Waals surface area contributed by atoms with Crippen LogP contribution in [-0.4, -0.2) is 48.9 Å². The zero-order chi connectivity index (χ0) is 17.4. The quantitative estimate of drug-likeness (QED) is 0.841. The standard InChI is InChI=1S/C18H25N5OS/c1-14-20-15(13-25-14)11-23-17(24)3-4-18(23)5-8-22(9-6-18)12-16-19-7-10-21(16)2/h7,10,13H,3-6,8-9,11-12H2,1-2H3. The number of hydrogen-bond acceptors (Lipinski definition) is 5. The minimum absolute atomic E-state index is 0.0345. The van der Waals surface area contributed by atoms with E-state index in [0.717, 1.165) is 55.4 Å². The minimum atomic E-state index is 0.0345. The Labute approximate surface area is 152 Å². The molecule has 4 rings (SSSR count). The van der Waals surface area contributed by atoms with Crippen molar-refractivity contribution in [2.75, 3.05) is 13.1 Å². The average molecular weight is 359 g/mol. The van der Waals surface area contributed by atoms with Crippen molar-refractivity contribution in [3.8, 4) is 0 Å². The molecule has 2 aromatic heterocycles. The van der Waals surface area contributed by atoms with Crippen LogP contribution in [0.3, 0.4) is 0 Å². The molecule has 0 bridgehead atoms. The van der Waals surface area contributed by atoms with Crippen LogP contribution in [0.4, 0.5) is 0 Å². The molecule has 0 atom stereocenters. The van der Waals surface area contributed by atoms with Crippen LogP contribution in [0.5, 0.6) is 0 Å². The van der Waals surface area contributed by atoms with Gasteiger partial charge < -0.3 is 9.47 Å². The third kappa shape index (κ3) is 3.22. The minimum Gasteiger partial charge on any atom is -0.337 e. The molecule has 0 aromatic carbocycles. The van der Waals surface area contributed by atoms with Gasteiger partial charge in [0, 0.05) is 49.9 Å². The van der Waals surface area contributed by atoms with E-state index in [-0.39, 0.29) is 5.54 Å². The number of hydrogen-bond donors (Lipinski definition) is 0. The van der Waals surface area contributed by atoms with Crippen molar-refractivity contribution in [1.82, 2.24) is 24.3 Å². The molecule has 4 heterocycles. The van der Waals surface area contributed by atoms with Crippen molar-refractivity contribution >= 4 is 17.2 Å². The van der Waals surface area contributed by atoms with Gasteiger partial charge in [0.2, 0.25) is 5.91 Å². The molecule has 0 unspecified atom stereocenters. The van der Waals surface area contributed by atoms with Gasteiger partial charge in [-0.3, -0.25) is 9.69 Å². The summed E-state index contributed by atoms with van der Waals surface area (Å²) in [6.45, 7) is 5.62. The summed E-state index contributed by atoms with van der Waals surface area (Å²) >= 11 is 1.66. The van der Waals surface area contributed by atoms with Crippen molar-refractivity contribution in [1.29, 1.82) is 0 Å². The summed E-state index contributed by atoms with van der Waals surface area (Å²) < 4.78 is 2.08. The summed E-state index contributed by atoms with van der Waals surface area (Å²) in [5.41, 5.74) is 1.07. The predicted octanol–water partition coefficient (Wildman–Crippen LogP) is 2.34. The molecule has 0 radical (unpaired) electrons. The van der Waals surface area contributed by atoms with Crippen molar-refractivity contribution in [2.45, 2.75) is 51.2 Å². The van der Waals surface area contributed by atoms with E-state index in [2.05, 4.69) is 29.7 Å². The molecular formula is C18H25N5OS. The average Bonchev–Trinajstić information content (AvgIpc) is 3.27. The lowest BCUT2D eigenvalue weighted by Crippen LogP contribution is -2.52. The molecule has 2 aliphatic rings. The molecule has 2 fully saturated rings. The van der Waals surface area contributed by atoms with Gasteiger partial charge in [0.25, 0.3) is 0 Å². The fourth-order valence-corrected chi connectivity index (χ4v) is 4.77. The van der Waals surface area contributed by atoms with E-state index in [1.807, 2.05) is 26.4 Å². The van der Waals surface area contributed by atoms with Gasteiger partial charge in [-0.15, -0.1) is 11.3 Å². The third-order valence-electron chi connectivity index (χ3n) is 5.74. The highest BCUT2D eigenvalue weighted by molar-refractivity contribution is 7.09. The fraction of sp³-hybridized carbons (Fsp3) is 0.611. The highest BCUT2D eigenvalue weighted by Crippen LogP contribution is 2.40. The van der Waals surface area contributed by atoms with Crippen LogP contribution in [-0.2, 0) is 24.9 Å². The summed E-state index contributed by atoms with van der Waals surface area (Å²) in [5, 5.41) is 3.16. The first kappa shape index (κ1) is 16.7. The second-order valence-corrected chi connectivity index (χ2v) is 8.35. The van der Waals surface area contributed by atoms with Gasteiger partial charge in [-0.25, -0.2) is 9.97 Å². The molecule has 2 aromatic rings. The van der Waals surface area contributed by atoms with Crippen molar-refractivity contribution < 1.29 is 4.79 Å². The van der Waals surface area contributed by atoms with Gasteiger partial charge in [-0.2, -0.15) is 0 Å². The van der Waals surface area contributed by atoms with Gasteiger partial charge in [-0.05, 0) is 26.2 Å². The lowest BCUT2D eigenvalue weighted by Gasteiger charge is -2.44. The van der Waals surface area contributed by atoms with Gasteiger partial charge in [0.1, 0.15) is 5.82 Å². The molecule has 6 nitrogen and oxygen atoms in total. The molecule has 1 spiro atoms. The van der Waals surface area contributed by atoms with Gasteiger partial charge in [0.05, 0.1) is 23.8 Å². The van der Waals surface area contributed by atoms with E-state index in [1.54, 1.807) is 11.3 Å². The monoisotopic (exact) mass is 359 g/mol. The smallest absolute Gasteiger partial charge is 0.223 e. The molecule has 25 heavy (non-hydrogen) atoms. The largest absolute Gasteiger partial charge is 0.337 e. The number of carbonyl (C=O) groups is 1.